The summed E-state index contributed by atoms with van der Waals surface area (Å²) >= 11 is 0. The second-order valence-corrected chi connectivity index (χ2v) is 10.3. The van der Waals surface area contributed by atoms with Crippen molar-refractivity contribution in [2.45, 2.75) is 13.5 Å². The van der Waals surface area contributed by atoms with Gasteiger partial charge in [-0.05, 0) is 69.6 Å². The first-order chi connectivity index (χ1) is 20.3. The summed E-state index contributed by atoms with van der Waals surface area (Å²) in [6, 6.07) is 13.8. The zero-order valence-electron chi connectivity index (χ0n) is 24.4. The van der Waals surface area contributed by atoms with Crippen LogP contribution in [-0.4, -0.2) is 107 Å². The summed E-state index contributed by atoms with van der Waals surface area (Å²) in [5.41, 5.74) is 3.91. The largest absolute Gasteiger partial charge is 0.378 e. The SMILES string of the molecule is CCn1nnc2c(N3CCOCC3)nc(-c3ccc(NC(=O)Nc4ccc(C(=O)N(C)CCN(C)C)cc4)cc3)nc21. The molecule has 1 aliphatic heterocycles. The normalized spacial score (nSPS) is 13.4. The highest BCUT2D eigenvalue weighted by atomic mass is 16.5. The molecule has 3 heterocycles. The minimum atomic E-state index is -0.393. The molecule has 1 saturated heterocycles. The lowest BCUT2D eigenvalue weighted by atomic mass is 10.2. The molecule has 2 aromatic heterocycles. The van der Waals surface area contributed by atoms with Gasteiger partial charge < -0.3 is 30.1 Å². The molecular formula is C29H36N10O3. The van der Waals surface area contributed by atoms with Crippen molar-refractivity contribution in [2.75, 3.05) is 76.1 Å². The predicted molar refractivity (Wildman–Crippen MR) is 162 cm³/mol. The van der Waals surface area contributed by atoms with E-state index in [1.54, 1.807) is 53.0 Å². The lowest BCUT2D eigenvalue weighted by Gasteiger charge is -2.27. The number of carbonyl (C=O) groups excluding carboxylic acids is 2. The standard InChI is InChI=1S/C29H36N10O3/c1-5-39-27-24(34-35-39)26(38-16-18-42-19-17-38)32-25(33-27)20-6-10-22(11-7-20)30-29(41)31-23-12-8-21(9-13-23)28(40)37(4)15-14-36(2)3/h6-13H,5,14-19H2,1-4H3,(H2,30,31,41). The lowest BCUT2D eigenvalue weighted by Crippen LogP contribution is -2.37. The Balaban J connectivity index is 1.25. The van der Waals surface area contributed by atoms with Gasteiger partial charge in [0.2, 0.25) is 0 Å². The molecule has 0 spiro atoms. The van der Waals surface area contributed by atoms with E-state index >= 15 is 0 Å². The average molecular weight is 573 g/mol. The first-order valence-corrected chi connectivity index (χ1v) is 13.9. The molecule has 3 amide bonds. The maximum absolute atomic E-state index is 12.7. The van der Waals surface area contributed by atoms with Crippen molar-refractivity contribution in [2.24, 2.45) is 0 Å². The second kappa shape index (κ2) is 12.9. The number of benzene rings is 2. The number of hydrogen-bond donors (Lipinski definition) is 2. The maximum atomic E-state index is 12.7. The van der Waals surface area contributed by atoms with Gasteiger partial charge in [-0.1, -0.05) is 5.21 Å². The molecule has 0 bridgehead atoms. The van der Waals surface area contributed by atoms with Crippen LogP contribution in [0.5, 0.6) is 0 Å². The van der Waals surface area contributed by atoms with E-state index in [0.29, 0.717) is 60.2 Å². The van der Waals surface area contributed by atoms with Crippen LogP contribution in [0.2, 0.25) is 0 Å². The zero-order chi connectivity index (χ0) is 29.6. The van der Waals surface area contributed by atoms with E-state index in [0.717, 1.165) is 31.0 Å². The molecule has 0 radical (unpaired) electrons. The van der Waals surface area contributed by atoms with Gasteiger partial charge in [-0.3, -0.25) is 4.79 Å². The lowest BCUT2D eigenvalue weighted by molar-refractivity contribution is 0.0786. The number of urea groups is 1. The molecule has 2 aromatic carbocycles. The third-order valence-corrected chi connectivity index (χ3v) is 6.97. The van der Waals surface area contributed by atoms with Crippen LogP contribution in [0.3, 0.4) is 0 Å². The molecule has 0 aliphatic carbocycles. The number of rotatable bonds is 9. The number of nitrogens with zero attached hydrogens (tertiary/aromatic N) is 8. The molecule has 13 heteroatoms. The Hall–Kier alpha value is -4.62. The predicted octanol–water partition coefficient (Wildman–Crippen LogP) is 3.02. The Morgan fingerprint density at radius 3 is 2.17 bits per heavy atom. The first kappa shape index (κ1) is 28.9. The van der Waals surface area contributed by atoms with E-state index < -0.39 is 6.03 Å². The minimum Gasteiger partial charge on any atom is -0.378 e. The number of amides is 3. The van der Waals surface area contributed by atoms with Crippen molar-refractivity contribution in [3.63, 3.8) is 0 Å². The smallest absolute Gasteiger partial charge is 0.323 e. The number of hydrogen-bond acceptors (Lipinski definition) is 9. The molecule has 0 saturated carbocycles. The van der Waals surface area contributed by atoms with Crippen LogP contribution in [0.25, 0.3) is 22.6 Å². The number of ether oxygens (including phenoxy) is 1. The number of likely N-dealkylation sites (N-methyl/N-ethyl adjacent to an activating group) is 2. The third-order valence-electron chi connectivity index (χ3n) is 6.97. The summed E-state index contributed by atoms with van der Waals surface area (Å²) in [5, 5.41) is 14.2. The third kappa shape index (κ3) is 6.64. The van der Waals surface area contributed by atoms with Gasteiger partial charge in [0.15, 0.2) is 22.8 Å². The minimum absolute atomic E-state index is 0.0662. The van der Waals surface area contributed by atoms with Gasteiger partial charge in [0.05, 0.1) is 13.2 Å². The van der Waals surface area contributed by atoms with Crippen LogP contribution in [0, 0.1) is 0 Å². The Labute approximate surface area is 244 Å². The van der Waals surface area contributed by atoms with E-state index in [4.69, 9.17) is 14.7 Å². The van der Waals surface area contributed by atoms with E-state index in [-0.39, 0.29) is 5.91 Å². The second-order valence-electron chi connectivity index (χ2n) is 10.3. The van der Waals surface area contributed by atoms with Crippen LogP contribution in [-0.2, 0) is 11.3 Å². The van der Waals surface area contributed by atoms with Gasteiger partial charge in [0.1, 0.15) is 0 Å². The monoisotopic (exact) mass is 572 g/mol. The quantitative estimate of drug-likeness (QED) is 0.310. The zero-order valence-corrected chi connectivity index (χ0v) is 24.4. The molecule has 0 unspecified atom stereocenters. The number of morpholine rings is 1. The summed E-state index contributed by atoms with van der Waals surface area (Å²) in [6.45, 7) is 6.73. The van der Waals surface area contributed by atoms with Crippen molar-refractivity contribution in [3.8, 4) is 11.4 Å². The fraction of sp³-hybridized carbons (Fsp3) is 0.379. The molecule has 0 atom stereocenters. The number of nitrogens with one attached hydrogen (secondary N) is 2. The van der Waals surface area contributed by atoms with Gasteiger partial charge >= 0.3 is 6.03 Å². The first-order valence-electron chi connectivity index (χ1n) is 13.9. The van der Waals surface area contributed by atoms with Crippen molar-refractivity contribution >= 4 is 40.3 Å². The van der Waals surface area contributed by atoms with Crippen molar-refractivity contribution in [3.05, 3.63) is 54.1 Å². The van der Waals surface area contributed by atoms with Crippen molar-refractivity contribution < 1.29 is 14.3 Å². The fourth-order valence-electron chi connectivity index (χ4n) is 4.54. The van der Waals surface area contributed by atoms with Crippen LogP contribution in [0.15, 0.2) is 48.5 Å². The van der Waals surface area contributed by atoms with Gasteiger partial charge in [-0.25, -0.2) is 19.4 Å². The molecular weight excluding hydrogens is 536 g/mol. The molecule has 1 fully saturated rings. The molecule has 42 heavy (non-hydrogen) atoms. The topological polar surface area (TPSA) is 134 Å². The number of aromatic nitrogens is 5. The van der Waals surface area contributed by atoms with E-state index in [2.05, 4.69) is 25.8 Å². The molecule has 220 valence electrons. The van der Waals surface area contributed by atoms with Crippen LogP contribution < -0.4 is 15.5 Å². The van der Waals surface area contributed by atoms with Crippen LogP contribution in [0.4, 0.5) is 22.0 Å². The van der Waals surface area contributed by atoms with E-state index in [1.807, 2.05) is 38.1 Å². The molecule has 4 aromatic rings. The molecule has 1 aliphatic rings. The van der Waals surface area contributed by atoms with Gasteiger partial charge in [0.25, 0.3) is 5.91 Å². The van der Waals surface area contributed by atoms with Gasteiger partial charge in [-0.2, -0.15) is 0 Å². The Bertz CT molecular complexity index is 1530. The average Bonchev–Trinajstić information content (AvgIpc) is 3.43. The molecule has 13 nitrogen and oxygen atoms in total. The van der Waals surface area contributed by atoms with Crippen molar-refractivity contribution in [1.29, 1.82) is 0 Å². The van der Waals surface area contributed by atoms with Crippen LogP contribution >= 0.6 is 0 Å². The summed E-state index contributed by atoms with van der Waals surface area (Å²) < 4.78 is 7.27. The number of fused-ring (bicyclic) bond motifs is 1. The molecule has 2 N–H and O–H groups in total. The molecule has 5 rings (SSSR count). The summed E-state index contributed by atoms with van der Waals surface area (Å²) in [7, 11) is 5.72. The fourth-order valence-corrected chi connectivity index (χ4v) is 4.54. The van der Waals surface area contributed by atoms with Crippen LogP contribution in [0.1, 0.15) is 17.3 Å². The highest BCUT2D eigenvalue weighted by molar-refractivity contribution is 6.00. The maximum Gasteiger partial charge on any atom is 0.323 e. The number of carbonyl (C=O) groups is 2. The van der Waals surface area contributed by atoms with Crippen molar-refractivity contribution in [1.82, 2.24) is 34.8 Å². The van der Waals surface area contributed by atoms with Gasteiger partial charge in [0, 0.05) is 62.3 Å². The Morgan fingerprint density at radius 2 is 1.55 bits per heavy atom. The van der Waals surface area contributed by atoms with E-state index in [1.165, 1.54) is 0 Å². The number of anilines is 3. The highest BCUT2D eigenvalue weighted by Gasteiger charge is 2.22. The summed E-state index contributed by atoms with van der Waals surface area (Å²) in [6.07, 6.45) is 0. The highest BCUT2D eigenvalue weighted by Crippen LogP contribution is 2.27. The Morgan fingerprint density at radius 1 is 0.905 bits per heavy atom. The summed E-state index contributed by atoms with van der Waals surface area (Å²) in [5.74, 6) is 1.23. The Kier molecular flexibility index (Phi) is 8.88. The van der Waals surface area contributed by atoms with E-state index in [9.17, 15) is 9.59 Å². The number of aryl methyl sites for hydroxylation is 1. The van der Waals surface area contributed by atoms with Gasteiger partial charge in [-0.15, -0.1) is 5.10 Å². The summed E-state index contributed by atoms with van der Waals surface area (Å²) in [4.78, 5) is 40.8.